The summed E-state index contributed by atoms with van der Waals surface area (Å²) in [5.41, 5.74) is 3.08. The first kappa shape index (κ1) is 32.1. The van der Waals surface area contributed by atoms with E-state index in [4.69, 9.17) is 14.2 Å². The number of phenolic OH excluding ortho intramolecular Hbond substituents is 1. The van der Waals surface area contributed by atoms with E-state index in [0.29, 0.717) is 38.3 Å². The highest BCUT2D eigenvalue weighted by molar-refractivity contribution is 5.76. The van der Waals surface area contributed by atoms with Crippen molar-refractivity contribution in [1.29, 1.82) is 0 Å². The number of phenols is 1. The van der Waals surface area contributed by atoms with Crippen molar-refractivity contribution in [1.82, 2.24) is 9.80 Å². The molecule has 7 nitrogen and oxygen atoms in total. The molecule has 1 saturated heterocycles. The van der Waals surface area contributed by atoms with Gasteiger partial charge < -0.3 is 29.1 Å². The van der Waals surface area contributed by atoms with E-state index in [1.807, 2.05) is 23.1 Å². The van der Waals surface area contributed by atoms with Gasteiger partial charge in [0.2, 0.25) is 5.91 Å². The van der Waals surface area contributed by atoms with Crippen molar-refractivity contribution in [2.24, 2.45) is 5.41 Å². The van der Waals surface area contributed by atoms with Gasteiger partial charge in [-0.2, -0.15) is 0 Å². The Hall–Kier alpha value is -2.45. The Kier molecular flexibility index (Phi) is 11.6. The van der Waals surface area contributed by atoms with E-state index < -0.39 is 6.29 Å². The summed E-state index contributed by atoms with van der Waals surface area (Å²) in [5, 5.41) is 11.0. The van der Waals surface area contributed by atoms with Crippen LogP contribution in [-0.4, -0.2) is 87.3 Å². The van der Waals surface area contributed by atoms with Gasteiger partial charge in [0, 0.05) is 31.2 Å². The van der Waals surface area contributed by atoms with Crippen LogP contribution < -0.4 is 0 Å². The number of likely N-dealkylation sites (tertiary alicyclic amines) is 1. The van der Waals surface area contributed by atoms with Crippen LogP contribution in [0.5, 0.6) is 5.75 Å². The molecule has 0 spiro atoms. The van der Waals surface area contributed by atoms with Crippen LogP contribution in [-0.2, 0) is 30.8 Å². The molecule has 1 unspecified atom stereocenters. The number of benzene rings is 2. The van der Waals surface area contributed by atoms with E-state index >= 15 is 0 Å². The maximum absolute atomic E-state index is 13.2. The monoisotopic (exact) mass is 554 g/mol. The largest absolute Gasteiger partial charge is 0.508 e. The molecule has 1 aliphatic heterocycles. The second-order valence-corrected chi connectivity index (χ2v) is 12.2. The fraction of sp³-hybridized carbons (Fsp3) is 0.606. The summed E-state index contributed by atoms with van der Waals surface area (Å²) >= 11 is 0. The van der Waals surface area contributed by atoms with E-state index in [9.17, 15) is 9.90 Å². The number of ether oxygens (including phenoxy) is 3. The second-order valence-electron chi connectivity index (χ2n) is 12.2. The smallest absolute Gasteiger partial charge is 0.225 e. The lowest BCUT2D eigenvalue weighted by Gasteiger charge is -2.42. The van der Waals surface area contributed by atoms with Crippen LogP contribution in [0.1, 0.15) is 63.6 Å². The fourth-order valence-corrected chi connectivity index (χ4v) is 5.54. The zero-order chi connectivity index (χ0) is 29.3. The molecule has 0 saturated carbocycles. The van der Waals surface area contributed by atoms with Gasteiger partial charge in [-0.3, -0.25) is 4.79 Å². The number of carbonyl (C=O) groups excluding carboxylic acids is 1. The summed E-state index contributed by atoms with van der Waals surface area (Å²) < 4.78 is 16.7. The minimum atomic E-state index is -0.470. The Bertz CT molecular complexity index is 1060. The average molecular weight is 555 g/mol. The van der Waals surface area contributed by atoms with Crippen LogP contribution in [0.2, 0.25) is 0 Å². The predicted molar refractivity (Wildman–Crippen MR) is 160 cm³/mol. The van der Waals surface area contributed by atoms with Gasteiger partial charge in [0.05, 0.1) is 26.2 Å². The van der Waals surface area contributed by atoms with E-state index in [0.717, 1.165) is 37.1 Å². The topological polar surface area (TPSA) is 71.5 Å². The molecule has 222 valence electrons. The number of aromatic hydroxyl groups is 1. The first-order chi connectivity index (χ1) is 19.0. The number of hydrogen-bond donors (Lipinski definition) is 1. The van der Waals surface area contributed by atoms with Crippen LogP contribution in [0.4, 0.5) is 0 Å². The van der Waals surface area contributed by atoms with Crippen molar-refractivity contribution < 1.29 is 24.1 Å². The molecule has 40 heavy (non-hydrogen) atoms. The Morgan fingerprint density at radius 3 is 2.30 bits per heavy atom. The Morgan fingerprint density at radius 2 is 1.70 bits per heavy atom. The van der Waals surface area contributed by atoms with Crippen LogP contribution in [0.15, 0.2) is 48.5 Å². The number of nitrogens with zero attached hydrogens (tertiary/aromatic N) is 2. The van der Waals surface area contributed by atoms with Gasteiger partial charge in [-0.25, -0.2) is 0 Å². The van der Waals surface area contributed by atoms with E-state index in [-0.39, 0.29) is 22.8 Å². The van der Waals surface area contributed by atoms with Gasteiger partial charge in [-0.05, 0) is 68.9 Å². The number of methoxy groups -OCH3 is 2. The molecule has 0 radical (unpaired) electrons. The number of carbonyl (C=O) groups is 1. The second kappa shape index (κ2) is 14.4. The molecule has 1 heterocycles. The molecule has 0 bridgehead atoms. The average Bonchev–Trinajstić information content (AvgIpc) is 2.94. The predicted octanol–water partition coefficient (Wildman–Crippen LogP) is 5.24. The zero-order valence-electron chi connectivity index (χ0n) is 25.6. The quantitative estimate of drug-likeness (QED) is 0.270. The molecule has 1 atom stereocenters. The molecule has 2 aromatic carbocycles. The maximum Gasteiger partial charge on any atom is 0.225 e. The fourth-order valence-electron chi connectivity index (χ4n) is 5.54. The Balaban J connectivity index is 1.63. The molecule has 0 aromatic heterocycles. The minimum Gasteiger partial charge on any atom is -0.508 e. The van der Waals surface area contributed by atoms with Gasteiger partial charge in [0.25, 0.3) is 0 Å². The summed E-state index contributed by atoms with van der Waals surface area (Å²) in [5.74, 6) is 0.377. The number of amides is 1. The lowest BCUT2D eigenvalue weighted by molar-refractivity contribution is -0.153. The van der Waals surface area contributed by atoms with Crippen molar-refractivity contribution >= 4 is 5.91 Å². The molecule has 7 heteroatoms. The van der Waals surface area contributed by atoms with Crippen LogP contribution in [0.25, 0.3) is 0 Å². The number of piperidine rings is 1. The van der Waals surface area contributed by atoms with Crippen LogP contribution in [0, 0.1) is 5.41 Å². The van der Waals surface area contributed by atoms with Crippen molar-refractivity contribution in [2.45, 2.75) is 71.1 Å². The minimum absolute atomic E-state index is 0.0136. The first-order valence-corrected chi connectivity index (χ1v) is 14.5. The normalized spacial score (nSPS) is 16.7. The molecule has 1 amide bonds. The van der Waals surface area contributed by atoms with Crippen LogP contribution in [0.3, 0.4) is 0 Å². The lowest BCUT2D eigenvalue weighted by atomic mass is 9.67. The van der Waals surface area contributed by atoms with Gasteiger partial charge in [0.1, 0.15) is 5.75 Å². The Labute approximate surface area is 241 Å². The summed E-state index contributed by atoms with van der Waals surface area (Å²) in [6, 6.07) is 16.5. The van der Waals surface area contributed by atoms with E-state index in [2.05, 4.69) is 70.0 Å². The third kappa shape index (κ3) is 8.06. The van der Waals surface area contributed by atoms with Crippen molar-refractivity contribution in [3.63, 3.8) is 0 Å². The number of hydrogen-bond acceptors (Lipinski definition) is 6. The highest BCUT2D eigenvalue weighted by Crippen LogP contribution is 2.45. The van der Waals surface area contributed by atoms with E-state index in [1.54, 1.807) is 14.2 Å². The van der Waals surface area contributed by atoms with Crippen LogP contribution >= 0.6 is 0 Å². The Morgan fingerprint density at radius 1 is 1.05 bits per heavy atom. The summed E-state index contributed by atoms with van der Waals surface area (Å²) in [4.78, 5) is 17.4. The molecule has 3 rings (SSSR count). The molecule has 2 aromatic rings. The third-order valence-corrected chi connectivity index (χ3v) is 8.65. The summed E-state index contributed by atoms with van der Waals surface area (Å²) in [6.45, 7) is 11.6. The highest BCUT2D eigenvalue weighted by Gasteiger charge is 2.39. The van der Waals surface area contributed by atoms with Crippen molar-refractivity contribution in [3.05, 3.63) is 65.2 Å². The SMILES string of the molecule is COC(CN(C(=O)CCOCCc1ccc(O)c(C2(c3ccccc3)CCN(C)CC2)c1)C(C)C(C)(C)C)OC. The summed E-state index contributed by atoms with van der Waals surface area (Å²) in [7, 11) is 5.33. The van der Waals surface area contributed by atoms with Crippen molar-refractivity contribution in [2.75, 3.05) is 54.1 Å². The zero-order valence-corrected chi connectivity index (χ0v) is 25.6. The standard InChI is InChI=1S/C33H50N2O5/c1-25(32(2,3)4)35(24-31(38-6)39-7)30(37)16-22-40-21-15-26-13-14-29(36)28(23-26)33(17-19-34(5)20-18-33)27-11-9-8-10-12-27/h8-14,23,25,31,36H,15-22,24H2,1-7H3. The molecule has 1 N–H and O–H groups in total. The van der Waals surface area contributed by atoms with E-state index in [1.165, 1.54) is 5.56 Å². The van der Waals surface area contributed by atoms with Gasteiger partial charge in [-0.1, -0.05) is 63.2 Å². The third-order valence-electron chi connectivity index (χ3n) is 8.65. The maximum atomic E-state index is 13.2. The van der Waals surface area contributed by atoms with Gasteiger partial charge in [0.15, 0.2) is 6.29 Å². The molecule has 1 fully saturated rings. The van der Waals surface area contributed by atoms with Crippen molar-refractivity contribution in [3.8, 4) is 5.75 Å². The van der Waals surface area contributed by atoms with Gasteiger partial charge in [-0.15, -0.1) is 0 Å². The number of rotatable bonds is 13. The molecular formula is C33H50N2O5. The lowest BCUT2D eigenvalue weighted by Crippen LogP contribution is -2.49. The molecular weight excluding hydrogens is 504 g/mol. The molecule has 1 aliphatic rings. The first-order valence-electron chi connectivity index (χ1n) is 14.5. The van der Waals surface area contributed by atoms with Gasteiger partial charge >= 0.3 is 0 Å². The highest BCUT2D eigenvalue weighted by atomic mass is 16.7. The summed E-state index contributed by atoms with van der Waals surface area (Å²) in [6.07, 6.45) is 2.46. The molecule has 0 aliphatic carbocycles.